The van der Waals surface area contributed by atoms with Crippen molar-refractivity contribution in [2.75, 3.05) is 25.0 Å². The van der Waals surface area contributed by atoms with Gasteiger partial charge < -0.3 is 25.0 Å². The fourth-order valence-corrected chi connectivity index (χ4v) is 2.94. The van der Waals surface area contributed by atoms with Gasteiger partial charge in [-0.25, -0.2) is 4.79 Å². The molecule has 3 rings (SSSR count). The third-order valence-corrected chi connectivity index (χ3v) is 4.26. The van der Waals surface area contributed by atoms with Crippen molar-refractivity contribution < 1.29 is 23.0 Å². The molecule has 2 aliphatic rings. The summed E-state index contributed by atoms with van der Waals surface area (Å²) in [5, 5.41) is 5.43. The number of rotatable bonds is 4. The highest BCUT2D eigenvalue weighted by Crippen LogP contribution is 2.42. The number of fused-ring (bicyclic) bond motifs is 1. The van der Waals surface area contributed by atoms with Gasteiger partial charge in [-0.15, -0.1) is 8.78 Å². The second kappa shape index (κ2) is 6.43. The molecule has 8 heteroatoms. The zero-order valence-corrected chi connectivity index (χ0v) is 13.6. The van der Waals surface area contributed by atoms with Crippen LogP contribution >= 0.6 is 0 Å². The van der Waals surface area contributed by atoms with Crippen LogP contribution < -0.4 is 20.1 Å². The molecule has 0 unspecified atom stereocenters. The van der Waals surface area contributed by atoms with Crippen molar-refractivity contribution in [2.45, 2.75) is 32.6 Å². The van der Waals surface area contributed by atoms with E-state index in [1.54, 1.807) is 0 Å². The molecule has 2 N–H and O–H groups in total. The van der Waals surface area contributed by atoms with Crippen molar-refractivity contribution in [3.63, 3.8) is 0 Å². The first-order valence-corrected chi connectivity index (χ1v) is 8.01. The summed E-state index contributed by atoms with van der Waals surface area (Å²) < 4.78 is 34.6. The van der Waals surface area contributed by atoms with E-state index in [2.05, 4.69) is 38.9 Å². The molecule has 24 heavy (non-hydrogen) atoms. The number of hydrogen-bond donors (Lipinski definition) is 2. The van der Waals surface area contributed by atoms with Gasteiger partial charge in [-0.05, 0) is 44.9 Å². The third-order valence-electron chi connectivity index (χ3n) is 4.26. The van der Waals surface area contributed by atoms with E-state index in [0.29, 0.717) is 24.2 Å². The fraction of sp³-hybridized carbons (Fsp3) is 0.562. The Morgan fingerprint density at radius 3 is 2.83 bits per heavy atom. The average Bonchev–Trinajstić information content (AvgIpc) is 3.07. The van der Waals surface area contributed by atoms with E-state index in [1.807, 2.05) is 0 Å². The maximum atomic E-state index is 13.0. The molecular formula is C16H21F2N3O3. The van der Waals surface area contributed by atoms with Crippen LogP contribution in [0.15, 0.2) is 18.2 Å². The minimum Gasteiger partial charge on any atom is -0.395 e. The lowest BCUT2D eigenvalue weighted by molar-refractivity contribution is -0.286. The van der Waals surface area contributed by atoms with E-state index in [1.165, 1.54) is 18.2 Å². The van der Waals surface area contributed by atoms with Gasteiger partial charge in [-0.2, -0.15) is 0 Å². The van der Waals surface area contributed by atoms with Crippen LogP contribution in [0.1, 0.15) is 20.3 Å². The molecule has 1 saturated heterocycles. The first-order chi connectivity index (χ1) is 11.3. The van der Waals surface area contributed by atoms with Crippen LogP contribution in [0.5, 0.6) is 11.5 Å². The zero-order valence-electron chi connectivity index (χ0n) is 13.6. The monoisotopic (exact) mass is 341 g/mol. The number of nitrogens with one attached hydrogen (secondary N) is 2. The summed E-state index contributed by atoms with van der Waals surface area (Å²) in [6.07, 6.45) is -2.61. The second-order valence-corrected chi connectivity index (χ2v) is 6.41. The van der Waals surface area contributed by atoms with E-state index in [-0.39, 0.29) is 17.5 Å². The molecule has 6 nitrogen and oxygen atoms in total. The van der Waals surface area contributed by atoms with Crippen molar-refractivity contribution in [3.8, 4) is 11.5 Å². The van der Waals surface area contributed by atoms with Crippen LogP contribution in [0.3, 0.4) is 0 Å². The summed E-state index contributed by atoms with van der Waals surface area (Å²) in [4.78, 5) is 14.3. The van der Waals surface area contributed by atoms with Gasteiger partial charge in [0.25, 0.3) is 0 Å². The number of benzene rings is 1. The van der Waals surface area contributed by atoms with Crippen LogP contribution in [0.25, 0.3) is 0 Å². The Morgan fingerprint density at radius 1 is 1.38 bits per heavy atom. The van der Waals surface area contributed by atoms with Crippen molar-refractivity contribution in [1.82, 2.24) is 10.2 Å². The molecule has 132 valence electrons. The van der Waals surface area contributed by atoms with Gasteiger partial charge in [0.1, 0.15) is 0 Å². The van der Waals surface area contributed by atoms with E-state index in [0.717, 1.165) is 19.5 Å². The molecule has 0 spiro atoms. The second-order valence-electron chi connectivity index (χ2n) is 6.41. The first-order valence-electron chi connectivity index (χ1n) is 8.01. The molecule has 0 saturated carbocycles. The van der Waals surface area contributed by atoms with E-state index < -0.39 is 6.29 Å². The lowest BCUT2D eigenvalue weighted by atomic mass is 10.1. The van der Waals surface area contributed by atoms with Crippen molar-refractivity contribution in [2.24, 2.45) is 5.92 Å². The van der Waals surface area contributed by atoms with Crippen LogP contribution in [0.4, 0.5) is 19.3 Å². The Hall–Kier alpha value is -2.09. The highest BCUT2D eigenvalue weighted by Gasteiger charge is 2.43. The summed E-state index contributed by atoms with van der Waals surface area (Å²) in [5.41, 5.74) is 0.364. The minimum absolute atomic E-state index is 0.0503. The molecule has 0 aliphatic carbocycles. The lowest BCUT2D eigenvalue weighted by Crippen LogP contribution is -2.35. The summed E-state index contributed by atoms with van der Waals surface area (Å²) in [6.45, 7) is 6.91. The molecule has 0 bridgehead atoms. The molecule has 1 atom stereocenters. The van der Waals surface area contributed by atoms with Crippen molar-refractivity contribution in [3.05, 3.63) is 18.2 Å². The molecular weight excluding hydrogens is 320 g/mol. The van der Waals surface area contributed by atoms with E-state index in [9.17, 15) is 13.6 Å². The number of amides is 2. The highest BCUT2D eigenvalue weighted by molar-refractivity contribution is 5.89. The fourth-order valence-electron chi connectivity index (χ4n) is 2.94. The van der Waals surface area contributed by atoms with Gasteiger partial charge in [-0.3, -0.25) is 0 Å². The summed E-state index contributed by atoms with van der Waals surface area (Å²) in [5.74, 6) is 0.278. The van der Waals surface area contributed by atoms with Crippen LogP contribution in [-0.4, -0.2) is 42.9 Å². The predicted octanol–water partition coefficient (Wildman–Crippen LogP) is 2.86. The number of carbonyl (C=O) groups is 1. The molecule has 1 aromatic carbocycles. The number of hydrogen-bond acceptors (Lipinski definition) is 4. The van der Waals surface area contributed by atoms with Crippen molar-refractivity contribution >= 4 is 11.7 Å². The quantitative estimate of drug-likeness (QED) is 0.884. The Bertz CT molecular complexity index is 625. The van der Waals surface area contributed by atoms with Gasteiger partial charge in [-0.1, -0.05) is 0 Å². The summed E-state index contributed by atoms with van der Waals surface area (Å²) >= 11 is 0. The molecule has 0 radical (unpaired) electrons. The van der Waals surface area contributed by atoms with Gasteiger partial charge >= 0.3 is 12.3 Å². The van der Waals surface area contributed by atoms with Crippen LogP contribution in [0, 0.1) is 5.92 Å². The Kier molecular flexibility index (Phi) is 4.49. The minimum atomic E-state index is -3.66. The van der Waals surface area contributed by atoms with Crippen LogP contribution in [0.2, 0.25) is 0 Å². The summed E-state index contributed by atoms with van der Waals surface area (Å²) in [6, 6.07) is 4.27. The molecule has 2 amide bonds. The maximum absolute atomic E-state index is 13.0. The molecule has 1 aromatic rings. The van der Waals surface area contributed by atoms with Crippen molar-refractivity contribution in [1.29, 1.82) is 0 Å². The maximum Gasteiger partial charge on any atom is 0.586 e. The average molecular weight is 341 g/mol. The number of urea groups is 1. The molecule has 1 fully saturated rings. The number of alkyl halides is 2. The van der Waals surface area contributed by atoms with Gasteiger partial charge in [0.2, 0.25) is 0 Å². The number of halogens is 2. The standard InChI is InChI=1S/C16H21F2N3O3/c1-10(2)21-6-5-11(9-21)8-19-15(22)20-12-3-4-13-14(7-12)24-16(17,18)23-13/h3-4,7,10-11H,5-6,8-9H2,1-2H3,(H2,19,20,22)/t11-/m0/s1. The normalized spacial score (nSPS) is 22.0. The number of nitrogens with zero attached hydrogens (tertiary/aromatic N) is 1. The Morgan fingerprint density at radius 2 is 2.12 bits per heavy atom. The zero-order chi connectivity index (χ0) is 17.3. The van der Waals surface area contributed by atoms with Crippen LogP contribution in [-0.2, 0) is 0 Å². The Labute approximate surface area is 139 Å². The SMILES string of the molecule is CC(C)N1CC[C@@H](CNC(=O)Nc2ccc3c(c2)OC(F)(F)O3)C1. The number of ether oxygens (including phenoxy) is 2. The molecule has 0 aromatic heterocycles. The smallest absolute Gasteiger partial charge is 0.395 e. The van der Waals surface area contributed by atoms with Gasteiger partial charge in [0.05, 0.1) is 0 Å². The predicted molar refractivity (Wildman–Crippen MR) is 84.5 cm³/mol. The number of anilines is 1. The molecule has 2 heterocycles. The lowest BCUT2D eigenvalue weighted by Gasteiger charge is -2.20. The topological polar surface area (TPSA) is 62.8 Å². The first kappa shape index (κ1) is 16.8. The number of carbonyl (C=O) groups excluding carboxylic acids is 1. The Balaban J connectivity index is 1.48. The number of likely N-dealkylation sites (tertiary alicyclic amines) is 1. The molecule has 2 aliphatic heterocycles. The van der Waals surface area contributed by atoms with Gasteiger partial charge in [0.15, 0.2) is 11.5 Å². The third kappa shape index (κ3) is 3.87. The van der Waals surface area contributed by atoms with Gasteiger partial charge in [0, 0.05) is 30.9 Å². The van der Waals surface area contributed by atoms with E-state index in [4.69, 9.17) is 0 Å². The summed E-state index contributed by atoms with van der Waals surface area (Å²) in [7, 11) is 0. The highest BCUT2D eigenvalue weighted by atomic mass is 19.3. The van der Waals surface area contributed by atoms with E-state index >= 15 is 0 Å². The largest absolute Gasteiger partial charge is 0.586 e.